The number of methoxy groups -OCH3 is 1. The molecule has 1 amide bonds. The van der Waals surface area contributed by atoms with E-state index in [1.165, 1.54) is 0 Å². The van der Waals surface area contributed by atoms with E-state index in [2.05, 4.69) is 11.1 Å². The smallest absolute Gasteiger partial charge is 0.255 e. The van der Waals surface area contributed by atoms with E-state index in [4.69, 9.17) is 27.9 Å². The fourth-order valence-corrected chi connectivity index (χ4v) is 4.08. The van der Waals surface area contributed by atoms with Gasteiger partial charge in [-0.2, -0.15) is 0 Å². The summed E-state index contributed by atoms with van der Waals surface area (Å²) in [6.07, 6.45) is 0. The molecule has 0 saturated heterocycles. The largest absolute Gasteiger partial charge is 0.497 e. The number of aromatic nitrogens is 1. The molecule has 4 rings (SSSR count). The zero-order valence-electron chi connectivity index (χ0n) is 17.8. The van der Waals surface area contributed by atoms with Crippen LogP contribution in [0.1, 0.15) is 27.0 Å². The zero-order chi connectivity index (χ0) is 22.7. The van der Waals surface area contributed by atoms with Crippen LogP contribution in [-0.4, -0.2) is 22.9 Å². The average molecular weight is 465 g/mol. The van der Waals surface area contributed by atoms with Crippen molar-refractivity contribution < 1.29 is 9.53 Å². The molecule has 6 heteroatoms. The number of aryl methyl sites for hydroxylation is 1. The fraction of sp³-hybridized carbons (Fsp3) is 0.154. The molecule has 0 radical (unpaired) electrons. The minimum atomic E-state index is -0.168. The minimum absolute atomic E-state index is 0.168. The fourth-order valence-electron chi connectivity index (χ4n) is 3.65. The van der Waals surface area contributed by atoms with Crippen molar-refractivity contribution in [1.82, 2.24) is 9.88 Å². The SMILES string of the molecule is COc1ccc2nc(Cl)c(CN(Cc3cccc(C)c3)C(=O)c3ccccc3Cl)cc2c1. The molecule has 0 aliphatic heterocycles. The van der Waals surface area contributed by atoms with Crippen LogP contribution >= 0.6 is 23.2 Å². The second kappa shape index (κ2) is 9.60. The zero-order valence-corrected chi connectivity index (χ0v) is 19.3. The molecule has 0 aliphatic rings. The van der Waals surface area contributed by atoms with E-state index in [1.807, 2.05) is 55.5 Å². The third-order valence-electron chi connectivity index (χ3n) is 5.26. The number of carbonyl (C=O) groups is 1. The maximum absolute atomic E-state index is 13.5. The van der Waals surface area contributed by atoms with Crippen LogP contribution in [0.4, 0.5) is 0 Å². The van der Waals surface area contributed by atoms with Gasteiger partial charge in [0.1, 0.15) is 10.9 Å². The van der Waals surface area contributed by atoms with Crippen molar-refractivity contribution in [2.45, 2.75) is 20.0 Å². The first-order valence-electron chi connectivity index (χ1n) is 10.2. The number of fused-ring (bicyclic) bond motifs is 1. The summed E-state index contributed by atoms with van der Waals surface area (Å²) in [5.41, 5.74) is 4.12. The Morgan fingerprint density at radius 3 is 2.53 bits per heavy atom. The van der Waals surface area contributed by atoms with E-state index in [9.17, 15) is 4.79 Å². The maximum Gasteiger partial charge on any atom is 0.255 e. The van der Waals surface area contributed by atoms with Gasteiger partial charge >= 0.3 is 0 Å². The van der Waals surface area contributed by atoms with Crippen LogP contribution < -0.4 is 4.74 Å². The van der Waals surface area contributed by atoms with Gasteiger partial charge < -0.3 is 9.64 Å². The summed E-state index contributed by atoms with van der Waals surface area (Å²) in [5, 5.41) is 1.67. The van der Waals surface area contributed by atoms with Gasteiger partial charge in [-0.1, -0.05) is 65.2 Å². The predicted octanol–water partition coefficient (Wildman–Crippen LogP) is 6.70. The number of benzene rings is 3. The number of hydrogen-bond acceptors (Lipinski definition) is 3. The molecular weight excluding hydrogens is 443 g/mol. The lowest BCUT2D eigenvalue weighted by Crippen LogP contribution is -2.30. The number of ether oxygens (including phenoxy) is 1. The Hall–Kier alpha value is -3.08. The molecule has 0 unspecified atom stereocenters. The molecule has 4 aromatic rings. The van der Waals surface area contributed by atoms with Gasteiger partial charge in [-0.25, -0.2) is 4.98 Å². The number of hydrogen-bond donors (Lipinski definition) is 0. The van der Waals surface area contributed by atoms with Gasteiger partial charge in [-0.05, 0) is 48.9 Å². The summed E-state index contributed by atoms with van der Waals surface area (Å²) in [4.78, 5) is 19.8. The third-order valence-corrected chi connectivity index (χ3v) is 5.91. The first-order chi connectivity index (χ1) is 15.4. The first kappa shape index (κ1) is 22.1. The van der Waals surface area contributed by atoms with E-state index in [-0.39, 0.29) is 12.5 Å². The molecule has 32 heavy (non-hydrogen) atoms. The van der Waals surface area contributed by atoms with E-state index < -0.39 is 0 Å². The number of nitrogens with zero attached hydrogens (tertiary/aromatic N) is 2. The standard InChI is InChI=1S/C26H22Cl2N2O2/c1-17-6-5-7-18(12-17)15-30(26(31)22-8-3-4-9-23(22)27)16-20-13-19-14-21(32-2)10-11-24(19)29-25(20)28/h3-14H,15-16H2,1-2H3. The topological polar surface area (TPSA) is 42.4 Å². The van der Waals surface area contributed by atoms with Crippen molar-refractivity contribution in [2.24, 2.45) is 0 Å². The van der Waals surface area contributed by atoms with Crippen LogP contribution in [0.3, 0.4) is 0 Å². The van der Waals surface area contributed by atoms with E-state index in [0.717, 1.165) is 33.3 Å². The number of rotatable bonds is 6. The van der Waals surface area contributed by atoms with E-state index >= 15 is 0 Å². The Morgan fingerprint density at radius 1 is 0.969 bits per heavy atom. The van der Waals surface area contributed by atoms with Crippen molar-refractivity contribution in [3.05, 3.63) is 105 Å². The Kier molecular flexibility index (Phi) is 6.63. The number of amides is 1. The quantitative estimate of drug-likeness (QED) is 0.298. The second-order valence-corrected chi connectivity index (χ2v) is 8.39. The van der Waals surface area contributed by atoms with Crippen LogP contribution in [0.5, 0.6) is 5.75 Å². The lowest BCUT2D eigenvalue weighted by atomic mass is 10.1. The number of halogens is 2. The van der Waals surface area contributed by atoms with E-state index in [0.29, 0.717) is 22.3 Å². The van der Waals surface area contributed by atoms with Gasteiger partial charge in [0.15, 0.2) is 0 Å². The van der Waals surface area contributed by atoms with Crippen molar-refractivity contribution >= 4 is 40.0 Å². The normalized spacial score (nSPS) is 10.9. The molecule has 3 aromatic carbocycles. The number of pyridine rings is 1. The molecule has 1 heterocycles. The number of carbonyl (C=O) groups excluding carboxylic acids is 1. The summed E-state index contributed by atoms with van der Waals surface area (Å²) in [6.45, 7) is 2.73. The Bertz CT molecular complexity index is 1290. The average Bonchev–Trinajstić information content (AvgIpc) is 2.78. The summed E-state index contributed by atoms with van der Waals surface area (Å²) < 4.78 is 5.33. The highest BCUT2D eigenvalue weighted by Gasteiger charge is 2.21. The molecule has 0 bridgehead atoms. The lowest BCUT2D eigenvalue weighted by molar-refractivity contribution is 0.0730. The molecule has 4 nitrogen and oxygen atoms in total. The van der Waals surface area contributed by atoms with Crippen LogP contribution in [-0.2, 0) is 13.1 Å². The monoisotopic (exact) mass is 464 g/mol. The van der Waals surface area contributed by atoms with Crippen molar-refractivity contribution in [1.29, 1.82) is 0 Å². The van der Waals surface area contributed by atoms with Crippen LogP contribution in [0.25, 0.3) is 10.9 Å². The molecular formula is C26H22Cl2N2O2. The molecule has 0 fully saturated rings. The van der Waals surface area contributed by atoms with E-state index in [1.54, 1.807) is 30.2 Å². The first-order valence-corrected chi connectivity index (χ1v) is 10.9. The predicted molar refractivity (Wildman–Crippen MR) is 130 cm³/mol. The van der Waals surface area contributed by atoms with Crippen molar-refractivity contribution in [2.75, 3.05) is 7.11 Å². The Morgan fingerprint density at radius 2 is 1.78 bits per heavy atom. The van der Waals surface area contributed by atoms with Crippen molar-refractivity contribution in [3.63, 3.8) is 0 Å². The molecule has 0 spiro atoms. The molecule has 0 atom stereocenters. The van der Waals surface area contributed by atoms with Gasteiger partial charge in [0.2, 0.25) is 0 Å². The highest BCUT2D eigenvalue weighted by atomic mass is 35.5. The Labute approximate surface area is 197 Å². The maximum atomic E-state index is 13.5. The van der Waals surface area contributed by atoms with Gasteiger partial charge in [0, 0.05) is 24.0 Å². The van der Waals surface area contributed by atoms with Gasteiger partial charge in [-0.15, -0.1) is 0 Å². The molecule has 0 aliphatic carbocycles. The minimum Gasteiger partial charge on any atom is -0.497 e. The van der Waals surface area contributed by atoms with Crippen LogP contribution in [0, 0.1) is 6.92 Å². The van der Waals surface area contributed by atoms with Crippen molar-refractivity contribution in [3.8, 4) is 5.75 Å². The molecule has 162 valence electrons. The summed E-state index contributed by atoms with van der Waals surface area (Å²) in [5.74, 6) is 0.565. The summed E-state index contributed by atoms with van der Waals surface area (Å²) in [6, 6.07) is 22.7. The summed E-state index contributed by atoms with van der Waals surface area (Å²) >= 11 is 12.9. The molecule has 0 N–H and O–H groups in total. The van der Waals surface area contributed by atoms with Gasteiger partial charge in [0.05, 0.1) is 23.2 Å². The molecule has 0 saturated carbocycles. The molecule has 1 aromatic heterocycles. The second-order valence-electron chi connectivity index (χ2n) is 7.63. The highest BCUT2D eigenvalue weighted by molar-refractivity contribution is 6.33. The van der Waals surface area contributed by atoms with Gasteiger partial charge in [-0.3, -0.25) is 4.79 Å². The highest BCUT2D eigenvalue weighted by Crippen LogP contribution is 2.27. The van der Waals surface area contributed by atoms with Crippen LogP contribution in [0.2, 0.25) is 10.2 Å². The lowest BCUT2D eigenvalue weighted by Gasteiger charge is -2.24. The Balaban J connectivity index is 1.73. The van der Waals surface area contributed by atoms with Crippen LogP contribution in [0.15, 0.2) is 72.8 Å². The van der Waals surface area contributed by atoms with Gasteiger partial charge in [0.25, 0.3) is 5.91 Å². The third kappa shape index (κ3) is 4.87. The summed E-state index contributed by atoms with van der Waals surface area (Å²) in [7, 11) is 1.62.